The maximum absolute atomic E-state index is 9.44. The Morgan fingerprint density at radius 3 is 2.63 bits per heavy atom. The molecule has 0 radical (unpaired) electrons. The van der Waals surface area contributed by atoms with Gasteiger partial charge in [0.15, 0.2) is 5.82 Å². The predicted molar refractivity (Wildman–Crippen MR) is 109 cm³/mol. The van der Waals surface area contributed by atoms with E-state index in [1.807, 2.05) is 18.5 Å². The summed E-state index contributed by atoms with van der Waals surface area (Å²) in [4.78, 5) is 14.2. The molecule has 1 aromatic heterocycles. The SMILES string of the molecule is Cc1cccc(-c2ncc(CN3CCN(CC(C)C)[C@@H](CCO)C3)cn2)c1. The maximum atomic E-state index is 9.44. The Morgan fingerprint density at radius 1 is 1.19 bits per heavy atom. The molecule has 27 heavy (non-hydrogen) atoms. The van der Waals surface area contributed by atoms with E-state index in [0.717, 1.165) is 56.1 Å². The van der Waals surface area contributed by atoms with E-state index in [2.05, 4.69) is 58.7 Å². The highest BCUT2D eigenvalue weighted by Crippen LogP contribution is 2.19. The van der Waals surface area contributed by atoms with Crippen molar-refractivity contribution < 1.29 is 5.11 Å². The van der Waals surface area contributed by atoms with Crippen LogP contribution in [0.2, 0.25) is 0 Å². The van der Waals surface area contributed by atoms with Crippen LogP contribution in [0.15, 0.2) is 36.7 Å². The summed E-state index contributed by atoms with van der Waals surface area (Å²) in [7, 11) is 0. The lowest BCUT2D eigenvalue weighted by Gasteiger charge is -2.42. The zero-order valence-corrected chi connectivity index (χ0v) is 16.8. The van der Waals surface area contributed by atoms with Gasteiger partial charge >= 0.3 is 0 Å². The molecule has 1 saturated heterocycles. The molecule has 146 valence electrons. The van der Waals surface area contributed by atoms with E-state index >= 15 is 0 Å². The second-order valence-corrected chi connectivity index (χ2v) is 8.07. The topological polar surface area (TPSA) is 52.5 Å². The molecule has 1 fully saturated rings. The Morgan fingerprint density at radius 2 is 1.96 bits per heavy atom. The zero-order valence-electron chi connectivity index (χ0n) is 16.8. The van der Waals surface area contributed by atoms with Gasteiger partial charge < -0.3 is 5.11 Å². The number of rotatable bonds is 7. The first-order valence-corrected chi connectivity index (χ1v) is 10.0. The summed E-state index contributed by atoms with van der Waals surface area (Å²) in [6.07, 6.45) is 4.74. The second-order valence-electron chi connectivity index (χ2n) is 8.07. The molecular weight excluding hydrogens is 336 g/mol. The highest BCUT2D eigenvalue weighted by Gasteiger charge is 2.26. The summed E-state index contributed by atoms with van der Waals surface area (Å²) in [5.41, 5.74) is 3.42. The molecule has 2 aromatic rings. The Labute approximate surface area is 163 Å². The van der Waals surface area contributed by atoms with E-state index in [0.29, 0.717) is 12.0 Å². The van der Waals surface area contributed by atoms with Crippen molar-refractivity contribution in [1.29, 1.82) is 0 Å². The van der Waals surface area contributed by atoms with Crippen LogP contribution in [0, 0.1) is 12.8 Å². The van der Waals surface area contributed by atoms with Gasteiger partial charge in [-0.25, -0.2) is 9.97 Å². The van der Waals surface area contributed by atoms with Crippen LogP contribution < -0.4 is 0 Å². The van der Waals surface area contributed by atoms with Gasteiger partial charge in [-0.15, -0.1) is 0 Å². The van der Waals surface area contributed by atoms with Gasteiger partial charge in [-0.1, -0.05) is 37.6 Å². The van der Waals surface area contributed by atoms with Crippen LogP contribution in [0.5, 0.6) is 0 Å². The van der Waals surface area contributed by atoms with Gasteiger partial charge in [0.25, 0.3) is 0 Å². The zero-order chi connectivity index (χ0) is 19.2. The van der Waals surface area contributed by atoms with Crippen LogP contribution in [-0.4, -0.2) is 63.7 Å². The molecule has 1 atom stereocenters. The van der Waals surface area contributed by atoms with E-state index in [-0.39, 0.29) is 6.61 Å². The number of aliphatic hydroxyl groups is 1. The van der Waals surface area contributed by atoms with E-state index in [9.17, 15) is 5.11 Å². The van der Waals surface area contributed by atoms with Crippen LogP contribution in [0.3, 0.4) is 0 Å². The van der Waals surface area contributed by atoms with E-state index in [1.165, 1.54) is 5.56 Å². The lowest BCUT2D eigenvalue weighted by Crippen LogP contribution is -2.53. The van der Waals surface area contributed by atoms with Gasteiger partial charge in [0.05, 0.1) is 0 Å². The van der Waals surface area contributed by atoms with E-state index in [1.54, 1.807) is 0 Å². The summed E-state index contributed by atoms with van der Waals surface area (Å²) in [5, 5.41) is 9.44. The highest BCUT2D eigenvalue weighted by atomic mass is 16.3. The first kappa shape index (κ1) is 19.9. The predicted octanol–water partition coefficient (Wildman–Crippen LogP) is 2.98. The molecule has 0 saturated carbocycles. The van der Waals surface area contributed by atoms with Crippen molar-refractivity contribution >= 4 is 0 Å². The van der Waals surface area contributed by atoms with Crippen molar-refractivity contribution in [3.05, 3.63) is 47.8 Å². The molecule has 0 unspecified atom stereocenters. The van der Waals surface area contributed by atoms with Crippen molar-refractivity contribution in [2.75, 3.05) is 32.8 Å². The summed E-state index contributed by atoms with van der Waals surface area (Å²) < 4.78 is 0. The van der Waals surface area contributed by atoms with Crippen molar-refractivity contribution in [2.45, 2.75) is 39.8 Å². The van der Waals surface area contributed by atoms with Gasteiger partial charge in [0, 0.05) is 68.9 Å². The molecule has 3 rings (SSSR count). The van der Waals surface area contributed by atoms with Crippen molar-refractivity contribution in [1.82, 2.24) is 19.8 Å². The Hall–Kier alpha value is -1.82. The number of aliphatic hydroxyl groups excluding tert-OH is 1. The number of benzene rings is 1. The number of hydrogen-bond donors (Lipinski definition) is 1. The number of aromatic nitrogens is 2. The van der Waals surface area contributed by atoms with Gasteiger partial charge in [0.2, 0.25) is 0 Å². The maximum Gasteiger partial charge on any atom is 0.159 e. The van der Waals surface area contributed by atoms with Crippen molar-refractivity contribution in [3.63, 3.8) is 0 Å². The smallest absolute Gasteiger partial charge is 0.159 e. The molecule has 1 N–H and O–H groups in total. The fraction of sp³-hybridized carbons (Fsp3) is 0.545. The average molecular weight is 369 g/mol. The fourth-order valence-corrected chi connectivity index (χ4v) is 3.86. The molecule has 5 heteroatoms. The van der Waals surface area contributed by atoms with Gasteiger partial charge in [-0.3, -0.25) is 9.80 Å². The lowest BCUT2D eigenvalue weighted by molar-refractivity contribution is 0.0476. The number of aryl methyl sites for hydroxylation is 1. The molecule has 1 aliphatic rings. The fourth-order valence-electron chi connectivity index (χ4n) is 3.86. The molecule has 1 aliphatic heterocycles. The third kappa shape index (κ3) is 5.58. The summed E-state index contributed by atoms with van der Waals surface area (Å²) in [5.74, 6) is 1.43. The third-order valence-corrected chi connectivity index (χ3v) is 5.14. The molecule has 0 amide bonds. The van der Waals surface area contributed by atoms with Crippen LogP contribution in [0.1, 0.15) is 31.4 Å². The first-order chi connectivity index (χ1) is 13.0. The summed E-state index contributed by atoms with van der Waals surface area (Å²) >= 11 is 0. The number of piperazine rings is 1. The van der Waals surface area contributed by atoms with Gasteiger partial charge in [0.1, 0.15) is 0 Å². The second kappa shape index (κ2) is 9.40. The standard InChI is InChI=1S/C22H32N4O/c1-17(2)14-26-9-8-25(16-21(26)7-10-27)15-19-12-23-22(24-13-19)20-6-4-5-18(3)11-20/h4-6,11-13,17,21,27H,7-10,14-16H2,1-3H3/t21-/m0/s1. The lowest BCUT2D eigenvalue weighted by atomic mass is 10.1. The van der Waals surface area contributed by atoms with Crippen LogP contribution in [0.25, 0.3) is 11.4 Å². The van der Waals surface area contributed by atoms with Crippen molar-refractivity contribution in [3.8, 4) is 11.4 Å². The molecule has 0 bridgehead atoms. The molecule has 0 spiro atoms. The third-order valence-electron chi connectivity index (χ3n) is 5.14. The Balaban J connectivity index is 1.61. The Kier molecular flexibility index (Phi) is 6.94. The largest absolute Gasteiger partial charge is 0.396 e. The van der Waals surface area contributed by atoms with E-state index < -0.39 is 0 Å². The molecule has 2 heterocycles. The van der Waals surface area contributed by atoms with Gasteiger partial charge in [-0.2, -0.15) is 0 Å². The Bertz CT molecular complexity index is 717. The minimum absolute atomic E-state index is 0.251. The quantitative estimate of drug-likeness (QED) is 0.814. The van der Waals surface area contributed by atoms with E-state index in [4.69, 9.17) is 0 Å². The molecule has 5 nitrogen and oxygen atoms in total. The normalized spacial score (nSPS) is 18.9. The molecule has 1 aromatic carbocycles. The average Bonchev–Trinajstić information content (AvgIpc) is 2.64. The molecule has 0 aliphatic carbocycles. The van der Waals surface area contributed by atoms with Crippen LogP contribution >= 0.6 is 0 Å². The highest BCUT2D eigenvalue weighted by molar-refractivity contribution is 5.55. The molecular formula is C22H32N4O. The summed E-state index contributed by atoms with van der Waals surface area (Å²) in [6, 6.07) is 8.72. The monoisotopic (exact) mass is 368 g/mol. The van der Waals surface area contributed by atoms with Crippen molar-refractivity contribution in [2.24, 2.45) is 5.92 Å². The minimum Gasteiger partial charge on any atom is -0.396 e. The minimum atomic E-state index is 0.251. The van der Waals surface area contributed by atoms with Gasteiger partial charge in [-0.05, 0) is 25.3 Å². The summed E-state index contributed by atoms with van der Waals surface area (Å²) in [6.45, 7) is 11.9. The first-order valence-electron chi connectivity index (χ1n) is 10.0. The number of hydrogen-bond acceptors (Lipinski definition) is 5. The van der Waals surface area contributed by atoms with Crippen LogP contribution in [-0.2, 0) is 6.54 Å². The number of nitrogens with zero attached hydrogens (tertiary/aromatic N) is 4. The van der Waals surface area contributed by atoms with Crippen LogP contribution in [0.4, 0.5) is 0 Å².